The number of amides is 1. The molecule has 5 nitrogen and oxygen atoms in total. The highest BCUT2D eigenvalue weighted by Crippen LogP contribution is 2.22. The van der Waals surface area contributed by atoms with Crippen molar-refractivity contribution in [3.63, 3.8) is 0 Å². The van der Waals surface area contributed by atoms with Crippen LogP contribution in [0.4, 0.5) is 5.69 Å². The Bertz CT molecular complexity index is 838. The maximum atomic E-state index is 12.5. The minimum absolute atomic E-state index is 0.165. The van der Waals surface area contributed by atoms with Crippen LogP contribution >= 0.6 is 11.6 Å². The number of ether oxygens (including phenoxy) is 1. The van der Waals surface area contributed by atoms with E-state index in [2.05, 4.69) is 5.32 Å². The SMILES string of the molecule is COC(=O)[C@H]1Cc2ccccc2C[NH+]1CC(=O)Nc1ccc(C)cc1Cl. The summed E-state index contributed by atoms with van der Waals surface area (Å²) in [6.07, 6.45) is 0.566. The Morgan fingerprint density at radius 2 is 1.96 bits per heavy atom. The molecule has 1 aliphatic heterocycles. The molecule has 2 aromatic carbocycles. The fraction of sp³-hybridized carbons (Fsp3) is 0.300. The van der Waals surface area contributed by atoms with E-state index in [0.717, 1.165) is 21.6 Å². The van der Waals surface area contributed by atoms with Crippen molar-refractivity contribution in [3.05, 3.63) is 64.2 Å². The molecule has 0 fully saturated rings. The van der Waals surface area contributed by atoms with Gasteiger partial charge in [-0.3, -0.25) is 4.79 Å². The molecular formula is C20H22ClN2O3+. The van der Waals surface area contributed by atoms with Gasteiger partial charge in [-0.15, -0.1) is 0 Å². The number of benzene rings is 2. The molecule has 136 valence electrons. The summed E-state index contributed by atoms with van der Waals surface area (Å²) in [7, 11) is 1.38. The molecule has 2 N–H and O–H groups in total. The lowest BCUT2D eigenvalue weighted by atomic mass is 9.94. The van der Waals surface area contributed by atoms with Crippen molar-refractivity contribution < 1.29 is 19.2 Å². The van der Waals surface area contributed by atoms with Crippen molar-refractivity contribution in [2.45, 2.75) is 25.9 Å². The maximum absolute atomic E-state index is 12.5. The average Bonchev–Trinajstić information content (AvgIpc) is 2.63. The van der Waals surface area contributed by atoms with Crippen molar-refractivity contribution in [3.8, 4) is 0 Å². The van der Waals surface area contributed by atoms with Gasteiger partial charge >= 0.3 is 5.97 Å². The van der Waals surface area contributed by atoms with Crippen LogP contribution in [0.1, 0.15) is 16.7 Å². The largest absolute Gasteiger partial charge is 0.465 e. The number of halogens is 1. The topological polar surface area (TPSA) is 59.8 Å². The number of anilines is 1. The predicted octanol–water partition coefficient (Wildman–Crippen LogP) is 1.77. The van der Waals surface area contributed by atoms with E-state index in [1.54, 1.807) is 12.1 Å². The molecule has 0 spiro atoms. The third-order valence-corrected chi connectivity index (χ3v) is 5.04. The molecule has 0 aliphatic carbocycles. The van der Waals surface area contributed by atoms with Crippen molar-refractivity contribution in [1.82, 2.24) is 0 Å². The van der Waals surface area contributed by atoms with Crippen LogP contribution in [-0.2, 0) is 27.3 Å². The van der Waals surface area contributed by atoms with Gasteiger partial charge in [0.2, 0.25) is 0 Å². The number of methoxy groups -OCH3 is 1. The van der Waals surface area contributed by atoms with Crippen molar-refractivity contribution in [2.24, 2.45) is 0 Å². The monoisotopic (exact) mass is 373 g/mol. The van der Waals surface area contributed by atoms with E-state index in [9.17, 15) is 9.59 Å². The molecule has 1 amide bonds. The van der Waals surface area contributed by atoms with Gasteiger partial charge in [0, 0.05) is 12.0 Å². The summed E-state index contributed by atoms with van der Waals surface area (Å²) in [6.45, 7) is 2.71. The van der Waals surface area contributed by atoms with Crippen LogP contribution in [0.25, 0.3) is 0 Å². The van der Waals surface area contributed by atoms with Crippen molar-refractivity contribution in [1.29, 1.82) is 0 Å². The van der Waals surface area contributed by atoms with Gasteiger partial charge in [0.15, 0.2) is 12.6 Å². The van der Waals surface area contributed by atoms with Crippen LogP contribution in [0.2, 0.25) is 5.02 Å². The molecule has 2 atom stereocenters. The Hall–Kier alpha value is -2.37. The first-order chi connectivity index (χ1) is 12.5. The molecule has 2 aromatic rings. The lowest BCUT2D eigenvalue weighted by Crippen LogP contribution is -3.17. The summed E-state index contributed by atoms with van der Waals surface area (Å²) in [4.78, 5) is 25.6. The molecule has 0 aromatic heterocycles. The zero-order valence-electron chi connectivity index (χ0n) is 14.8. The molecule has 1 heterocycles. The van der Waals surface area contributed by atoms with E-state index < -0.39 is 6.04 Å². The number of carbonyl (C=O) groups is 2. The second kappa shape index (κ2) is 7.89. The number of nitrogens with one attached hydrogen (secondary N) is 2. The third-order valence-electron chi connectivity index (χ3n) is 4.72. The van der Waals surface area contributed by atoms with E-state index in [1.807, 2.05) is 37.3 Å². The Labute approximate surface area is 157 Å². The van der Waals surface area contributed by atoms with E-state index in [0.29, 0.717) is 23.7 Å². The molecule has 0 bridgehead atoms. The number of fused-ring (bicyclic) bond motifs is 1. The number of aryl methyl sites for hydroxylation is 1. The van der Waals surface area contributed by atoms with Gasteiger partial charge in [-0.25, -0.2) is 4.79 Å². The average molecular weight is 374 g/mol. The normalized spacial score (nSPS) is 18.7. The first kappa shape index (κ1) is 18.4. The number of rotatable bonds is 4. The number of carbonyl (C=O) groups excluding carboxylic acids is 2. The Morgan fingerprint density at radius 1 is 1.23 bits per heavy atom. The third kappa shape index (κ3) is 4.06. The summed E-state index contributed by atoms with van der Waals surface area (Å²) in [5.41, 5.74) is 3.89. The molecular weight excluding hydrogens is 352 g/mol. The number of hydrogen-bond acceptors (Lipinski definition) is 3. The molecule has 26 heavy (non-hydrogen) atoms. The van der Waals surface area contributed by atoms with Crippen LogP contribution in [0.5, 0.6) is 0 Å². The minimum atomic E-state index is -0.394. The maximum Gasteiger partial charge on any atom is 0.365 e. The highest BCUT2D eigenvalue weighted by atomic mass is 35.5. The van der Waals surface area contributed by atoms with E-state index in [4.69, 9.17) is 16.3 Å². The van der Waals surface area contributed by atoms with Crippen molar-refractivity contribution >= 4 is 29.2 Å². The van der Waals surface area contributed by atoms with Crippen molar-refractivity contribution in [2.75, 3.05) is 19.0 Å². The van der Waals surface area contributed by atoms with Crippen LogP contribution in [0.3, 0.4) is 0 Å². The quantitative estimate of drug-likeness (QED) is 0.803. The Kier molecular flexibility index (Phi) is 5.59. The first-order valence-corrected chi connectivity index (χ1v) is 8.91. The lowest BCUT2D eigenvalue weighted by Gasteiger charge is -2.31. The zero-order chi connectivity index (χ0) is 18.7. The number of esters is 1. The van der Waals surface area contributed by atoms with Gasteiger partial charge in [-0.05, 0) is 30.2 Å². The molecule has 0 saturated heterocycles. The summed E-state index contributed by atoms with van der Waals surface area (Å²) in [5, 5.41) is 3.34. The Morgan fingerprint density at radius 3 is 2.65 bits per heavy atom. The second-order valence-corrected chi connectivity index (χ2v) is 7.00. The van der Waals surface area contributed by atoms with Crippen LogP contribution in [0.15, 0.2) is 42.5 Å². The van der Waals surface area contributed by atoms with E-state index >= 15 is 0 Å². The fourth-order valence-corrected chi connectivity index (χ4v) is 3.64. The molecule has 0 radical (unpaired) electrons. The molecule has 3 rings (SSSR count). The van der Waals surface area contributed by atoms with Gasteiger partial charge < -0.3 is 15.0 Å². The molecule has 6 heteroatoms. The number of quaternary nitrogens is 1. The van der Waals surface area contributed by atoms with Crippen LogP contribution in [0, 0.1) is 6.92 Å². The second-order valence-electron chi connectivity index (χ2n) is 6.59. The Balaban J connectivity index is 1.75. The molecule has 1 unspecified atom stereocenters. The minimum Gasteiger partial charge on any atom is -0.465 e. The summed E-state index contributed by atoms with van der Waals surface area (Å²) < 4.78 is 4.95. The fourth-order valence-electron chi connectivity index (χ4n) is 3.36. The standard InChI is InChI=1S/C20H21ClN2O3/c1-13-7-8-17(16(21)9-13)22-19(24)12-23-11-15-6-4-3-5-14(15)10-18(23)20(25)26-2/h3-9,18H,10-12H2,1-2H3,(H,22,24)/p+1/t18-/m1/s1. The van der Waals surface area contributed by atoms with Gasteiger partial charge in [-0.2, -0.15) is 0 Å². The van der Waals surface area contributed by atoms with Gasteiger partial charge in [-0.1, -0.05) is 41.9 Å². The highest BCUT2D eigenvalue weighted by molar-refractivity contribution is 6.33. The smallest absolute Gasteiger partial charge is 0.365 e. The summed E-state index contributed by atoms with van der Waals surface area (Å²) >= 11 is 6.19. The highest BCUT2D eigenvalue weighted by Gasteiger charge is 2.37. The predicted molar refractivity (Wildman–Crippen MR) is 100 cm³/mol. The summed E-state index contributed by atoms with van der Waals surface area (Å²) in [5.74, 6) is -0.477. The lowest BCUT2D eigenvalue weighted by molar-refractivity contribution is -0.924. The zero-order valence-corrected chi connectivity index (χ0v) is 15.6. The van der Waals surface area contributed by atoms with Gasteiger partial charge in [0.1, 0.15) is 6.54 Å². The van der Waals surface area contributed by atoms with Crippen LogP contribution in [-0.4, -0.2) is 31.6 Å². The van der Waals surface area contributed by atoms with Gasteiger partial charge in [0.25, 0.3) is 5.91 Å². The summed E-state index contributed by atoms with van der Waals surface area (Å²) in [6, 6.07) is 13.1. The van der Waals surface area contributed by atoms with Crippen LogP contribution < -0.4 is 10.2 Å². The van der Waals surface area contributed by atoms with E-state index in [-0.39, 0.29) is 18.4 Å². The molecule has 1 aliphatic rings. The first-order valence-electron chi connectivity index (χ1n) is 8.53. The molecule has 0 saturated carbocycles. The van der Waals surface area contributed by atoms with E-state index in [1.165, 1.54) is 7.11 Å². The number of hydrogen-bond donors (Lipinski definition) is 2. The van der Waals surface area contributed by atoms with Gasteiger partial charge in [0.05, 0.1) is 17.8 Å².